The maximum atomic E-state index is 13.6. The van der Waals surface area contributed by atoms with Gasteiger partial charge in [0.15, 0.2) is 0 Å². The number of carbonyl (C=O) groups is 1. The minimum Gasteiger partial charge on any atom is -0.362 e. The van der Waals surface area contributed by atoms with E-state index in [0.717, 1.165) is 12.0 Å². The largest absolute Gasteiger partial charge is 0.438 e. The van der Waals surface area contributed by atoms with Gasteiger partial charge in [-0.3, -0.25) is 4.79 Å². The molecule has 2 aromatic rings. The Balaban J connectivity index is 2.03. The van der Waals surface area contributed by atoms with Gasteiger partial charge in [-0.2, -0.15) is 23.3 Å². The second-order valence-corrected chi connectivity index (χ2v) is 6.65. The van der Waals surface area contributed by atoms with Crippen molar-refractivity contribution in [2.45, 2.75) is 31.7 Å². The van der Waals surface area contributed by atoms with Crippen LogP contribution in [0.5, 0.6) is 0 Å². The van der Waals surface area contributed by atoms with Crippen LogP contribution >= 0.6 is 11.6 Å². The molecule has 0 unspecified atom stereocenters. The molecule has 0 radical (unpaired) electrons. The number of halogens is 4. The van der Waals surface area contributed by atoms with Crippen LogP contribution in [-0.4, -0.2) is 33.6 Å². The van der Waals surface area contributed by atoms with Crippen LogP contribution in [0.25, 0.3) is 0 Å². The molecule has 0 saturated carbocycles. The van der Waals surface area contributed by atoms with Gasteiger partial charge in [-0.05, 0) is 35.7 Å². The van der Waals surface area contributed by atoms with Gasteiger partial charge in [-0.25, -0.2) is 0 Å². The van der Waals surface area contributed by atoms with E-state index < -0.39 is 24.2 Å². The number of hydrogen-bond acceptors (Lipinski definition) is 3. The van der Waals surface area contributed by atoms with E-state index in [9.17, 15) is 23.1 Å². The van der Waals surface area contributed by atoms with E-state index in [-0.39, 0.29) is 21.3 Å². The summed E-state index contributed by atoms with van der Waals surface area (Å²) in [5.41, 5.74) is -2.12. The SMILES string of the molecule is CCc1ccc(C2=NN(C(=O)c3cccc(Cl)c3)[C@@](O)(C(F)(F)F)C2)cc1. The lowest BCUT2D eigenvalue weighted by atomic mass is 9.99. The van der Waals surface area contributed by atoms with Crippen LogP contribution in [0, 0.1) is 0 Å². The molecule has 2 aromatic carbocycles. The van der Waals surface area contributed by atoms with E-state index in [1.165, 1.54) is 24.3 Å². The smallest absolute Gasteiger partial charge is 0.362 e. The van der Waals surface area contributed by atoms with Crippen LogP contribution in [0.4, 0.5) is 13.2 Å². The second kappa shape index (κ2) is 6.98. The monoisotopic (exact) mass is 396 g/mol. The molecule has 0 aliphatic carbocycles. The standard InChI is InChI=1S/C19H16ClF3N2O2/c1-2-12-6-8-13(9-7-12)16-11-18(27,19(21,22)23)25(24-16)17(26)14-4-3-5-15(20)10-14/h3-10,27H,2,11H2,1H3/t18-/m0/s1. The first-order valence-corrected chi connectivity index (χ1v) is 8.59. The Bertz CT molecular complexity index is 897. The minimum absolute atomic E-state index is 0.0205. The predicted octanol–water partition coefficient (Wildman–Crippen LogP) is 4.40. The van der Waals surface area contributed by atoms with Gasteiger partial charge in [-0.15, -0.1) is 0 Å². The molecule has 142 valence electrons. The molecule has 0 spiro atoms. The molecule has 8 heteroatoms. The van der Waals surface area contributed by atoms with Crippen molar-refractivity contribution in [2.75, 3.05) is 0 Å². The average molecular weight is 397 g/mol. The Morgan fingerprint density at radius 2 is 1.93 bits per heavy atom. The Kier molecular flexibility index (Phi) is 5.01. The summed E-state index contributed by atoms with van der Waals surface area (Å²) in [5, 5.41) is 14.5. The quantitative estimate of drug-likeness (QED) is 0.835. The fourth-order valence-electron chi connectivity index (χ4n) is 2.82. The number of nitrogens with zero attached hydrogens (tertiary/aromatic N) is 2. The highest BCUT2D eigenvalue weighted by atomic mass is 35.5. The highest BCUT2D eigenvalue weighted by Gasteiger charge is 2.63. The molecule has 1 heterocycles. The summed E-state index contributed by atoms with van der Waals surface area (Å²) < 4.78 is 40.8. The summed E-state index contributed by atoms with van der Waals surface area (Å²) in [6.45, 7) is 1.95. The van der Waals surface area contributed by atoms with Gasteiger partial charge in [0.2, 0.25) is 0 Å². The maximum absolute atomic E-state index is 13.6. The van der Waals surface area contributed by atoms with Crippen molar-refractivity contribution in [2.24, 2.45) is 5.10 Å². The zero-order valence-electron chi connectivity index (χ0n) is 14.3. The van der Waals surface area contributed by atoms with Gasteiger partial charge in [0, 0.05) is 10.6 Å². The highest BCUT2D eigenvalue weighted by Crippen LogP contribution is 2.42. The molecule has 4 nitrogen and oxygen atoms in total. The lowest BCUT2D eigenvalue weighted by molar-refractivity contribution is -0.297. The van der Waals surface area contributed by atoms with Crippen LogP contribution < -0.4 is 0 Å². The maximum Gasteiger partial charge on any atom is 0.438 e. The third kappa shape index (κ3) is 3.57. The molecule has 27 heavy (non-hydrogen) atoms. The van der Waals surface area contributed by atoms with E-state index in [4.69, 9.17) is 11.6 Å². The zero-order valence-corrected chi connectivity index (χ0v) is 15.1. The van der Waals surface area contributed by atoms with E-state index >= 15 is 0 Å². The number of hydrazone groups is 1. The van der Waals surface area contributed by atoms with Crippen molar-refractivity contribution >= 4 is 23.2 Å². The predicted molar refractivity (Wildman–Crippen MR) is 95.6 cm³/mol. The van der Waals surface area contributed by atoms with Crippen molar-refractivity contribution < 1.29 is 23.1 Å². The Labute approximate surface area is 158 Å². The summed E-state index contributed by atoms with van der Waals surface area (Å²) in [4.78, 5) is 12.6. The Morgan fingerprint density at radius 1 is 1.26 bits per heavy atom. The topological polar surface area (TPSA) is 52.9 Å². The Morgan fingerprint density at radius 3 is 2.48 bits per heavy atom. The first-order valence-electron chi connectivity index (χ1n) is 8.21. The number of hydrogen-bond donors (Lipinski definition) is 1. The van der Waals surface area contributed by atoms with Gasteiger partial charge in [-0.1, -0.05) is 48.9 Å². The van der Waals surface area contributed by atoms with Crippen molar-refractivity contribution in [3.63, 3.8) is 0 Å². The van der Waals surface area contributed by atoms with Crippen LogP contribution in [0.2, 0.25) is 5.02 Å². The molecule has 0 aromatic heterocycles. The molecule has 1 N–H and O–H groups in total. The second-order valence-electron chi connectivity index (χ2n) is 6.22. The molecule has 1 atom stereocenters. The molecular weight excluding hydrogens is 381 g/mol. The molecule has 3 rings (SSSR count). The number of amides is 1. The van der Waals surface area contributed by atoms with Crippen LogP contribution in [0.15, 0.2) is 53.6 Å². The van der Waals surface area contributed by atoms with Crippen LogP contribution in [-0.2, 0) is 6.42 Å². The van der Waals surface area contributed by atoms with E-state index in [0.29, 0.717) is 5.56 Å². The molecule has 1 aliphatic heterocycles. The summed E-state index contributed by atoms with van der Waals surface area (Å²) in [6, 6.07) is 12.3. The molecule has 1 aliphatic rings. The first-order chi connectivity index (χ1) is 12.7. The summed E-state index contributed by atoms with van der Waals surface area (Å²) >= 11 is 5.82. The van der Waals surface area contributed by atoms with Gasteiger partial charge in [0.1, 0.15) is 0 Å². The van der Waals surface area contributed by atoms with E-state index in [1.807, 2.05) is 6.92 Å². The molecule has 1 amide bonds. The lowest BCUT2D eigenvalue weighted by Crippen LogP contribution is -2.56. The average Bonchev–Trinajstić information content (AvgIpc) is 3.00. The summed E-state index contributed by atoms with van der Waals surface area (Å²) in [5.74, 6) is -1.09. The molecule has 0 fully saturated rings. The minimum atomic E-state index is -5.09. The molecule has 0 bridgehead atoms. The van der Waals surface area contributed by atoms with Crippen LogP contribution in [0.1, 0.15) is 34.8 Å². The van der Waals surface area contributed by atoms with Gasteiger partial charge < -0.3 is 5.11 Å². The number of rotatable bonds is 3. The highest BCUT2D eigenvalue weighted by molar-refractivity contribution is 6.31. The third-order valence-corrected chi connectivity index (χ3v) is 4.63. The molecular formula is C19H16ClF3N2O2. The Hall–Kier alpha value is -2.38. The summed E-state index contributed by atoms with van der Waals surface area (Å²) in [6.07, 6.45) is -5.16. The number of aliphatic hydroxyl groups is 1. The molecule has 0 saturated heterocycles. The fourth-order valence-corrected chi connectivity index (χ4v) is 3.01. The fraction of sp³-hybridized carbons (Fsp3) is 0.263. The number of carbonyl (C=O) groups excluding carboxylic acids is 1. The third-order valence-electron chi connectivity index (χ3n) is 4.40. The number of benzene rings is 2. The van der Waals surface area contributed by atoms with Crippen molar-refractivity contribution in [3.8, 4) is 0 Å². The zero-order chi connectivity index (χ0) is 19.8. The number of aryl methyl sites for hydroxylation is 1. The van der Waals surface area contributed by atoms with Crippen molar-refractivity contribution in [3.05, 3.63) is 70.2 Å². The van der Waals surface area contributed by atoms with Crippen molar-refractivity contribution in [1.82, 2.24) is 5.01 Å². The van der Waals surface area contributed by atoms with Crippen LogP contribution in [0.3, 0.4) is 0 Å². The summed E-state index contributed by atoms with van der Waals surface area (Å²) in [7, 11) is 0. The van der Waals surface area contributed by atoms with Gasteiger partial charge >= 0.3 is 6.18 Å². The number of alkyl halides is 3. The van der Waals surface area contributed by atoms with E-state index in [2.05, 4.69) is 5.10 Å². The normalized spacial score (nSPS) is 19.9. The van der Waals surface area contributed by atoms with Crippen molar-refractivity contribution in [1.29, 1.82) is 0 Å². The van der Waals surface area contributed by atoms with Gasteiger partial charge in [0.25, 0.3) is 11.6 Å². The van der Waals surface area contributed by atoms with E-state index in [1.54, 1.807) is 24.3 Å². The first kappa shape index (κ1) is 19.4. The lowest BCUT2D eigenvalue weighted by Gasteiger charge is -2.32. The van der Waals surface area contributed by atoms with Gasteiger partial charge in [0.05, 0.1) is 12.1 Å².